The summed E-state index contributed by atoms with van der Waals surface area (Å²) in [6.45, 7) is 5.74. The molecule has 0 radical (unpaired) electrons. The fraction of sp³-hybridized carbons (Fsp3) is 0.261. The second-order valence-corrected chi connectivity index (χ2v) is 8.39. The predicted molar refractivity (Wildman–Crippen MR) is 127 cm³/mol. The fourth-order valence-corrected chi connectivity index (χ4v) is 2.72. The summed E-state index contributed by atoms with van der Waals surface area (Å²) >= 11 is 6.31. The SMILES string of the molecule is CC(C)(C)C(=O)Nc1ccccc1Nc1nc(Nc2ccc(OCCO)cc2)ncc1Cl. The average Bonchev–Trinajstić information content (AvgIpc) is 2.76. The van der Waals surface area contributed by atoms with Gasteiger partial charge in [-0.3, -0.25) is 4.79 Å². The van der Waals surface area contributed by atoms with Crippen LogP contribution >= 0.6 is 11.6 Å². The van der Waals surface area contributed by atoms with E-state index in [1.54, 1.807) is 18.2 Å². The summed E-state index contributed by atoms with van der Waals surface area (Å²) in [4.78, 5) is 21.1. The zero-order chi connectivity index (χ0) is 23.1. The molecule has 168 valence electrons. The Balaban J connectivity index is 1.76. The number of amides is 1. The summed E-state index contributed by atoms with van der Waals surface area (Å²) < 4.78 is 5.35. The number of carbonyl (C=O) groups is 1. The van der Waals surface area contributed by atoms with Crippen LogP contribution in [0.2, 0.25) is 5.02 Å². The number of carbonyl (C=O) groups excluding carboxylic acids is 1. The molecule has 4 N–H and O–H groups in total. The molecule has 8 nitrogen and oxygen atoms in total. The summed E-state index contributed by atoms with van der Waals surface area (Å²) in [5.74, 6) is 1.29. The van der Waals surface area contributed by atoms with Gasteiger partial charge in [-0.1, -0.05) is 44.5 Å². The standard InChI is InChI=1S/C23H26ClN5O3/c1-23(2,3)21(31)28-19-7-5-4-6-18(19)27-20-17(24)14-25-22(29-20)26-15-8-10-16(11-9-15)32-13-12-30/h4-11,14,30H,12-13H2,1-3H3,(H,28,31)(H2,25,26,27,29). The Morgan fingerprint density at radius 2 is 1.75 bits per heavy atom. The highest BCUT2D eigenvalue weighted by atomic mass is 35.5. The predicted octanol–water partition coefficient (Wildman–Crippen LogP) is 4.97. The van der Waals surface area contributed by atoms with Crippen LogP contribution in [0.25, 0.3) is 0 Å². The summed E-state index contributed by atoms with van der Waals surface area (Å²) in [5.41, 5.74) is 1.50. The van der Waals surface area contributed by atoms with E-state index in [-0.39, 0.29) is 19.1 Å². The first-order valence-corrected chi connectivity index (χ1v) is 10.4. The number of anilines is 5. The van der Waals surface area contributed by atoms with Crippen molar-refractivity contribution in [1.82, 2.24) is 9.97 Å². The number of nitrogens with zero attached hydrogens (tertiary/aromatic N) is 2. The first-order valence-electron chi connectivity index (χ1n) is 10.1. The number of halogens is 1. The number of ether oxygens (including phenoxy) is 1. The lowest BCUT2D eigenvalue weighted by Gasteiger charge is -2.20. The van der Waals surface area contributed by atoms with E-state index in [1.165, 1.54) is 6.20 Å². The minimum atomic E-state index is -0.532. The fourth-order valence-electron chi connectivity index (χ4n) is 2.58. The lowest BCUT2D eigenvalue weighted by atomic mass is 9.95. The van der Waals surface area contributed by atoms with Gasteiger partial charge in [0.25, 0.3) is 0 Å². The number of nitrogens with one attached hydrogen (secondary N) is 3. The average molecular weight is 456 g/mol. The van der Waals surface area contributed by atoms with Crippen LogP contribution in [-0.2, 0) is 4.79 Å². The van der Waals surface area contributed by atoms with Gasteiger partial charge in [-0.05, 0) is 36.4 Å². The number of rotatable bonds is 8. The molecule has 1 amide bonds. The number of hydrogen-bond acceptors (Lipinski definition) is 7. The van der Waals surface area contributed by atoms with Gasteiger partial charge < -0.3 is 25.8 Å². The van der Waals surface area contributed by atoms with E-state index in [2.05, 4.69) is 25.9 Å². The van der Waals surface area contributed by atoms with Crippen LogP contribution < -0.4 is 20.7 Å². The number of aliphatic hydroxyl groups excluding tert-OH is 1. The first-order chi connectivity index (χ1) is 15.3. The Hall–Kier alpha value is -3.36. The molecule has 0 aliphatic carbocycles. The van der Waals surface area contributed by atoms with E-state index < -0.39 is 5.41 Å². The molecule has 2 aromatic carbocycles. The van der Waals surface area contributed by atoms with E-state index in [1.807, 2.05) is 51.1 Å². The van der Waals surface area contributed by atoms with Gasteiger partial charge in [-0.15, -0.1) is 0 Å². The number of aliphatic hydroxyl groups is 1. The minimum Gasteiger partial charge on any atom is -0.491 e. The smallest absolute Gasteiger partial charge is 0.229 e. The van der Waals surface area contributed by atoms with Crippen molar-refractivity contribution >= 4 is 46.3 Å². The molecule has 0 bridgehead atoms. The van der Waals surface area contributed by atoms with Crippen molar-refractivity contribution in [3.8, 4) is 5.75 Å². The van der Waals surface area contributed by atoms with Gasteiger partial charge in [0.1, 0.15) is 17.4 Å². The second kappa shape index (κ2) is 10.3. The molecule has 0 saturated carbocycles. The topological polar surface area (TPSA) is 108 Å². The summed E-state index contributed by atoms with van der Waals surface area (Å²) in [6, 6.07) is 14.5. The molecule has 0 spiro atoms. The van der Waals surface area contributed by atoms with Crippen LogP contribution in [0.15, 0.2) is 54.7 Å². The van der Waals surface area contributed by atoms with Gasteiger partial charge in [-0.25, -0.2) is 4.98 Å². The van der Waals surface area contributed by atoms with Gasteiger partial charge in [0.2, 0.25) is 11.9 Å². The monoisotopic (exact) mass is 455 g/mol. The number of benzene rings is 2. The van der Waals surface area contributed by atoms with Gasteiger partial charge in [0, 0.05) is 11.1 Å². The second-order valence-electron chi connectivity index (χ2n) is 7.99. The Kier molecular flexibility index (Phi) is 7.50. The van der Waals surface area contributed by atoms with Gasteiger partial charge >= 0.3 is 0 Å². The lowest BCUT2D eigenvalue weighted by Crippen LogP contribution is -2.27. The Labute approximate surface area is 192 Å². The summed E-state index contributed by atoms with van der Waals surface area (Å²) in [5, 5.41) is 18.4. The van der Waals surface area contributed by atoms with Crippen LogP contribution in [0.3, 0.4) is 0 Å². The van der Waals surface area contributed by atoms with Crippen molar-refractivity contribution in [2.75, 3.05) is 29.2 Å². The van der Waals surface area contributed by atoms with Gasteiger partial charge in [0.15, 0.2) is 5.82 Å². The van der Waals surface area contributed by atoms with Crippen molar-refractivity contribution in [2.45, 2.75) is 20.8 Å². The molecular weight excluding hydrogens is 430 g/mol. The highest BCUT2D eigenvalue weighted by Gasteiger charge is 2.22. The third-order valence-corrected chi connectivity index (χ3v) is 4.60. The van der Waals surface area contributed by atoms with Crippen LogP contribution in [-0.4, -0.2) is 34.2 Å². The Morgan fingerprint density at radius 1 is 1.06 bits per heavy atom. The molecule has 0 unspecified atom stereocenters. The zero-order valence-electron chi connectivity index (χ0n) is 18.1. The van der Waals surface area contributed by atoms with E-state index in [0.29, 0.717) is 33.9 Å². The maximum atomic E-state index is 12.4. The van der Waals surface area contributed by atoms with Crippen molar-refractivity contribution in [1.29, 1.82) is 0 Å². The van der Waals surface area contributed by atoms with Crippen molar-refractivity contribution in [3.63, 3.8) is 0 Å². The molecule has 1 heterocycles. The third kappa shape index (κ3) is 6.32. The lowest BCUT2D eigenvalue weighted by molar-refractivity contribution is -0.123. The molecule has 0 atom stereocenters. The molecule has 9 heteroatoms. The molecule has 0 aliphatic heterocycles. The number of hydrogen-bond donors (Lipinski definition) is 4. The van der Waals surface area contributed by atoms with Crippen molar-refractivity contribution in [3.05, 3.63) is 59.8 Å². The molecule has 0 saturated heterocycles. The Morgan fingerprint density at radius 3 is 2.41 bits per heavy atom. The Bertz CT molecular complexity index is 1070. The number of para-hydroxylation sites is 2. The summed E-state index contributed by atoms with van der Waals surface area (Å²) in [7, 11) is 0. The first kappa shape index (κ1) is 23.3. The van der Waals surface area contributed by atoms with Gasteiger partial charge in [-0.2, -0.15) is 4.98 Å². The highest BCUT2D eigenvalue weighted by Crippen LogP contribution is 2.30. The molecule has 3 aromatic rings. The van der Waals surface area contributed by atoms with Gasteiger partial charge in [0.05, 0.1) is 24.2 Å². The highest BCUT2D eigenvalue weighted by molar-refractivity contribution is 6.33. The quantitative estimate of drug-likeness (QED) is 0.379. The third-order valence-electron chi connectivity index (χ3n) is 4.32. The summed E-state index contributed by atoms with van der Waals surface area (Å²) in [6.07, 6.45) is 1.49. The largest absolute Gasteiger partial charge is 0.491 e. The molecule has 3 rings (SSSR count). The minimum absolute atomic E-state index is 0.0442. The van der Waals surface area contributed by atoms with Crippen LogP contribution in [0.1, 0.15) is 20.8 Å². The molecule has 32 heavy (non-hydrogen) atoms. The normalized spacial score (nSPS) is 11.0. The zero-order valence-corrected chi connectivity index (χ0v) is 18.9. The van der Waals surface area contributed by atoms with Crippen LogP contribution in [0.5, 0.6) is 5.75 Å². The van der Waals surface area contributed by atoms with Crippen LogP contribution in [0.4, 0.5) is 28.8 Å². The maximum absolute atomic E-state index is 12.4. The molecule has 1 aromatic heterocycles. The van der Waals surface area contributed by atoms with Crippen molar-refractivity contribution < 1.29 is 14.6 Å². The van der Waals surface area contributed by atoms with Crippen LogP contribution in [0, 0.1) is 5.41 Å². The van der Waals surface area contributed by atoms with E-state index in [0.717, 1.165) is 5.69 Å². The van der Waals surface area contributed by atoms with E-state index in [4.69, 9.17) is 21.4 Å². The molecule has 0 aliphatic rings. The maximum Gasteiger partial charge on any atom is 0.229 e. The molecular formula is C23H26ClN5O3. The molecule has 0 fully saturated rings. The van der Waals surface area contributed by atoms with E-state index in [9.17, 15) is 4.79 Å². The van der Waals surface area contributed by atoms with E-state index >= 15 is 0 Å². The number of aromatic nitrogens is 2. The van der Waals surface area contributed by atoms with Crippen molar-refractivity contribution in [2.24, 2.45) is 5.41 Å².